The molecule has 0 radical (unpaired) electrons. The summed E-state index contributed by atoms with van der Waals surface area (Å²) in [6.07, 6.45) is -5.20. The van der Waals surface area contributed by atoms with E-state index in [4.69, 9.17) is 9.47 Å². The lowest BCUT2D eigenvalue weighted by Crippen LogP contribution is -2.40. The molecule has 7 nitrogen and oxygen atoms in total. The van der Waals surface area contributed by atoms with E-state index in [1.807, 2.05) is 0 Å². The van der Waals surface area contributed by atoms with E-state index in [0.717, 1.165) is 6.20 Å². The van der Waals surface area contributed by atoms with Crippen LogP contribution < -0.4 is 4.90 Å². The van der Waals surface area contributed by atoms with Gasteiger partial charge in [-0.1, -0.05) is 0 Å². The van der Waals surface area contributed by atoms with Crippen molar-refractivity contribution in [1.82, 2.24) is 4.98 Å². The third kappa shape index (κ3) is 4.44. The Morgan fingerprint density at radius 2 is 1.96 bits per heavy atom. The lowest BCUT2D eigenvalue weighted by molar-refractivity contribution is -0.138. The summed E-state index contributed by atoms with van der Waals surface area (Å²) >= 11 is 0. The van der Waals surface area contributed by atoms with Crippen molar-refractivity contribution in [2.24, 2.45) is 0 Å². The molecular weight excluding hydrogens is 357 g/mol. The van der Waals surface area contributed by atoms with Gasteiger partial charge in [-0.05, 0) is 32.9 Å². The van der Waals surface area contributed by atoms with Crippen LogP contribution in [0.1, 0.15) is 38.4 Å². The minimum Gasteiger partial charge on any atom is -0.491 e. The Morgan fingerprint density at radius 1 is 1.31 bits per heavy atom. The molecule has 142 valence electrons. The molecule has 1 aliphatic rings. The van der Waals surface area contributed by atoms with Gasteiger partial charge in [-0.25, -0.2) is 9.59 Å². The highest BCUT2D eigenvalue weighted by molar-refractivity contribution is 6.08. The largest absolute Gasteiger partial charge is 0.491 e. The molecule has 10 heteroatoms. The van der Waals surface area contributed by atoms with Crippen LogP contribution in [0.3, 0.4) is 0 Å². The number of pyridine rings is 1. The maximum Gasteiger partial charge on any atom is 0.424 e. The zero-order valence-electron chi connectivity index (χ0n) is 14.3. The zero-order chi connectivity index (χ0) is 19.7. The minimum atomic E-state index is -4.83. The molecule has 26 heavy (non-hydrogen) atoms. The van der Waals surface area contributed by atoms with E-state index >= 15 is 0 Å². The number of carboxylic acid groups (broad SMARTS) is 1. The van der Waals surface area contributed by atoms with Crippen LogP contribution in [0.15, 0.2) is 18.3 Å². The van der Waals surface area contributed by atoms with E-state index in [-0.39, 0.29) is 17.3 Å². The third-order valence-corrected chi connectivity index (χ3v) is 3.14. The molecule has 1 aromatic heterocycles. The number of imide groups is 1. The summed E-state index contributed by atoms with van der Waals surface area (Å²) in [4.78, 5) is 27.2. The maximum atomic E-state index is 13.4. The number of alkyl halides is 3. The number of carbonyl (C=O) groups excluding carboxylic acids is 1. The molecule has 2 heterocycles. The number of carbonyl (C=O) groups is 2. The number of anilines is 1. The van der Waals surface area contributed by atoms with Crippen molar-refractivity contribution in [3.05, 3.63) is 29.6 Å². The number of hydrogen-bond acceptors (Lipinski definition) is 5. The van der Waals surface area contributed by atoms with Crippen LogP contribution in [0.2, 0.25) is 0 Å². The molecule has 1 N–H and O–H groups in total. The molecule has 0 aliphatic carbocycles. The normalized spacial score (nSPS) is 14.5. The van der Waals surface area contributed by atoms with Crippen LogP contribution in [0.5, 0.6) is 0 Å². The second kappa shape index (κ2) is 6.85. The summed E-state index contributed by atoms with van der Waals surface area (Å²) in [6, 6.07) is 0.531. The summed E-state index contributed by atoms with van der Waals surface area (Å²) in [7, 11) is 0. The summed E-state index contributed by atoms with van der Waals surface area (Å²) in [5.41, 5.74) is -3.29. The average molecular weight is 374 g/mol. The quantitative estimate of drug-likeness (QED) is 0.831. The van der Waals surface area contributed by atoms with Crippen LogP contribution >= 0.6 is 0 Å². The number of aromatic nitrogens is 1. The Morgan fingerprint density at radius 3 is 2.42 bits per heavy atom. The Labute approximate surface area is 147 Å². The summed E-state index contributed by atoms with van der Waals surface area (Å²) in [5, 5.41) is 9.25. The number of ether oxygens (including phenoxy) is 2. The minimum absolute atomic E-state index is 0.0389. The van der Waals surface area contributed by atoms with E-state index in [0.29, 0.717) is 12.5 Å². The topological polar surface area (TPSA) is 89.0 Å². The lowest BCUT2D eigenvalue weighted by atomic mass is 10.1. The highest BCUT2D eigenvalue weighted by Gasteiger charge is 2.38. The Hall–Kier alpha value is -2.78. The van der Waals surface area contributed by atoms with Crippen LogP contribution in [-0.2, 0) is 15.7 Å². The molecule has 0 fully saturated rings. The molecule has 0 bridgehead atoms. The van der Waals surface area contributed by atoms with E-state index in [2.05, 4.69) is 4.98 Å². The summed E-state index contributed by atoms with van der Waals surface area (Å²) in [6.45, 7) is 4.72. The molecule has 0 saturated heterocycles. The van der Waals surface area contributed by atoms with E-state index in [1.54, 1.807) is 0 Å². The van der Waals surface area contributed by atoms with E-state index in [1.165, 1.54) is 26.8 Å². The third-order valence-electron chi connectivity index (χ3n) is 3.14. The Bertz CT molecular complexity index is 753. The van der Waals surface area contributed by atoms with E-state index < -0.39 is 40.9 Å². The van der Waals surface area contributed by atoms with Gasteiger partial charge in [0.2, 0.25) is 0 Å². The number of rotatable bonds is 2. The Balaban J connectivity index is 2.50. The van der Waals surface area contributed by atoms with Gasteiger partial charge in [0.15, 0.2) is 0 Å². The van der Waals surface area contributed by atoms with Crippen molar-refractivity contribution < 1.29 is 37.3 Å². The zero-order valence-corrected chi connectivity index (χ0v) is 14.3. The molecule has 1 aliphatic heterocycles. The first-order chi connectivity index (χ1) is 11.9. The van der Waals surface area contributed by atoms with Gasteiger partial charge in [0.05, 0.1) is 24.1 Å². The van der Waals surface area contributed by atoms with Crippen LogP contribution in [0.25, 0.3) is 5.76 Å². The van der Waals surface area contributed by atoms with Crippen molar-refractivity contribution in [3.8, 4) is 0 Å². The first kappa shape index (κ1) is 19.5. The highest BCUT2D eigenvalue weighted by atomic mass is 19.4. The van der Waals surface area contributed by atoms with Gasteiger partial charge in [-0.2, -0.15) is 18.1 Å². The summed E-state index contributed by atoms with van der Waals surface area (Å²) < 4.78 is 50.3. The number of hydrogen-bond donors (Lipinski definition) is 1. The first-order valence-electron chi connectivity index (χ1n) is 7.57. The lowest BCUT2D eigenvalue weighted by Gasteiger charge is -2.25. The predicted octanol–water partition coefficient (Wildman–Crippen LogP) is 4.28. The SMILES string of the molecule is CC(C)(C)OC(=O)N(C(=O)O)c1cnc(C2=CCCO2)c(C(F)(F)F)c1. The van der Waals surface area contributed by atoms with Gasteiger partial charge in [0.1, 0.15) is 17.1 Å². The fraction of sp³-hybridized carbons (Fsp3) is 0.438. The molecule has 0 saturated carbocycles. The molecule has 0 atom stereocenters. The molecule has 2 rings (SSSR count). The van der Waals surface area contributed by atoms with Crippen LogP contribution in [0, 0.1) is 0 Å². The molecule has 0 spiro atoms. The molecule has 1 aromatic rings. The standard InChI is InChI=1S/C16H17F3N2O5/c1-15(2,3)26-14(24)21(13(22)23)9-7-10(16(17,18)19)12(20-8-9)11-5-4-6-25-11/h5,7-8H,4,6H2,1-3H3,(H,22,23). The maximum absolute atomic E-state index is 13.4. The first-order valence-corrected chi connectivity index (χ1v) is 7.57. The van der Waals surface area contributed by atoms with Crippen molar-refractivity contribution in [1.29, 1.82) is 0 Å². The average Bonchev–Trinajstić information content (AvgIpc) is 2.98. The number of nitrogens with zero attached hydrogens (tertiary/aromatic N) is 2. The molecule has 0 unspecified atom stereocenters. The highest BCUT2D eigenvalue weighted by Crippen LogP contribution is 2.37. The van der Waals surface area contributed by atoms with Crippen molar-refractivity contribution in [2.45, 2.75) is 39.0 Å². The fourth-order valence-electron chi connectivity index (χ4n) is 2.17. The Kier molecular flexibility index (Phi) is 5.15. The predicted molar refractivity (Wildman–Crippen MR) is 84.5 cm³/mol. The van der Waals surface area contributed by atoms with Crippen LogP contribution in [0.4, 0.5) is 28.4 Å². The molecule has 0 aromatic carbocycles. The summed E-state index contributed by atoms with van der Waals surface area (Å²) in [5.74, 6) is -0.0389. The second-order valence-electron chi connectivity index (χ2n) is 6.39. The van der Waals surface area contributed by atoms with Gasteiger partial charge in [0.25, 0.3) is 0 Å². The van der Waals surface area contributed by atoms with Gasteiger partial charge < -0.3 is 14.6 Å². The molecular formula is C16H17F3N2O5. The van der Waals surface area contributed by atoms with Crippen LogP contribution in [-0.4, -0.2) is 34.5 Å². The second-order valence-corrected chi connectivity index (χ2v) is 6.39. The fourth-order valence-corrected chi connectivity index (χ4v) is 2.17. The molecule has 2 amide bonds. The smallest absolute Gasteiger partial charge is 0.424 e. The van der Waals surface area contributed by atoms with Gasteiger partial charge in [-0.3, -0.25) is 4.98 Å². The van der Waals surface area contributed by atoms with E-state index in [9.17, 15) is 27.9 Å². The van der Waals surface area contributed by atoms with Crippen molar-refractivity contribution >= 4 is 23.6 Å². The van der Waals surface area contributed by atoms with Gasteiger partial charge in [0, 0.05) is 6.42 Å². The van der Waals surface area contributed by atoms with Crippen molar-refractivity contribution in [2.75, 3.05) is 11.5 Å². The van der Waals surface area contributed by atoms with Gasteiger partial charge >= 0.3 is 18.4 Å². The monoisotopic (exact) mass is 374 g/mol. The van der Waals surface area contributed by atoms with Gasteiger partial charge in [-0.15, -0.1) is 0 Å². The number of halogens is 3. The van der Waals surface area contributed by atoms with Crippen molar-refractivity contribution in [3.63, 3.8) is 0 Å². The number of amides is 2.